The van der Waals surface area contributed by atoms with Gasteiger partial charge in [-0.3, -0.25) is 9.59 Å². The summed E-state index contributed by atoms with van der Waals surface area (Å²) in [7, 11) is 1.53. The molecule has 0 aromatic heterocycles. The molecule has 3 rings (SSSR count). The molecule has 1 amide bonds. The maximum Gasteiger partial charge on any atom is 0.407 e. The Morgan fingerprint density at radius 1 is 0.775 bits per heavy atom. The number of aryl methyl sites for hydroxylation is 1. The average Bonchev–Trinajstić information content (AvgIpc) is 2.95. The summed E-state index contributed by atoms with van der Waals surface area (Å²) in [4.78, 5) is 33.0. The maximum atomic E-state index is 10.8. The Kier molecular flexibility index (Phi) is 25.6. The number of hydrogen-bond donors (Lipinski definition) is 1. The molecule has 0 saturated heterocycles. The van der Waals surface area contributed by atoms with Crippen LogP contribution in [0.5, 0.6) is 0 Å². The molecule has 1 N–H and O–H groups in total. The van der Waals surface area contributed by atoms with Gasteiger partial charge in [-0.1, -0.05) is 85.3 Å². The van der Waals surface area contributed by atoms with Crippen LogP contribution in [0.25, 0.3) is 0 Å². The summed E-state index contributed by atoms with van der Waals surface area (Å²) in [6.45, 7) is 10.9. The van der Waals surface area contributed by atoms with Crippen LogP contribution in [0.3, 0.4) is 0 Å². The molecule has 7 heteroatoms. The number of hydrogen-bond acceptors (Lipinski definition) is 6. The second kappa shape index (κ2) is 26.2. The molecule has 0 unspecified atom stereocenters. The van der Waals surface area contributed by atoms with E-state index in [1.165, 1.54) is 29.7 Å². The normalized spacial score (nSPS) is 9.05. The minimum atomic E-state index is -0.375. The highest BCUT2D eigenvalue weighted by Crippen LogP contribution is 2.11. The molecular weight excluding hydrogens is 539 g/mol. The van der Waals surface area contributed by atoms with Gasteiger partial charge in [0.25, 0.3) is 0 Å². The van der Waals surface area contributed by atoms with E-state index in [4.69, 9.17) is 0 Å². The number of benzene rings is 3. The lowest BCUT2D eigenvalue weighted by Crippen LogP contribution is -2.22. The van der Waals surface area contributed by atoms with Crippen molar-refractivity contribution in [1.29, 1.82) is 0 Å². The molecule has 0 bridgehead atoms. The number of ketones is 2. The van der Waals surface area contributed by atoms with Crippen LogP contribution in [0.2, 0.25) is 0 Å². The monoisotopic (exact) mass is 585 g/mol. The zero-order valence-electron chi connectivity index (χ0n) is 25.5. The average molecular weight is 586 g/mol. The number of amides is 1. The van der Waals surface area contributed by atoms with Gasteiger partial charge in [0, 0.05) is 23.1 Å². The van der Waals surface area contributed by atoms with E-state index in [0.29, 0.717) is 0 Å². The van der Waals surface area contributed by atoms with Crippen molar-refractivity contribution in [3.8, 4) is 0 Å². The summed E-state index contributed by atoms with van der Waals surface area (Å²) in [5.41, 5.74) is 2.74. The SMILES string of the molecule is CC(=O)c1ccc(C)cc1.CC(=O)c1ccccc1.CCCSC.CNC(=O)OC(C)C.CSc1ccccc1. The van der Waals surface area contributed by atoms with E-state index >= 15 is 0 Å². The molecule has 3 aromatic carbocycles. The standard InChI is InChI=1S/C9H10O.C8H8O.C7H8S.C5H11NO2.C4H10S/c1-7-3-5-9(6-4-7)8(2)10;1-7(9)8-5-3-2-4-6-8;1-8-7-5-3-2-4-6-7;1-4(2)8-5(7)6-3;1-3-4-5-2/h3-6H,1-2H3;2-6H,1H3;2-6H,1H3;4H,1-3H3,(H,6,7);3-4H2,1-2H3. The molecule has 5 nitrogen and oxygen atoms in total. The summed E-state index contributed by atoms with van der Waals surface area (Å²) < 4.78 is 4.65. The van der Waals surface area contributed by atoms with Crippen LogP contribution in [0, 0.1) is 6.92 Å². The highest BCUT2D eigenvalue weighted by atomic mass is 32.2. The summed E-state index contributed by atoms with van der Waals surface area (Å²) in [5.74, 6) is 1.55. The zero-order chi connectivity index (χ0) is 30.8. The lowest BCUT2D eigenvalue weighted by Gasteiger charge is -2.04. The van der Waals surface area contributed by atoms with Crippen molar-refractivity contribution in [1.82, 2.24) is 5.32 Å². The second-order valence-corrected chi connectivity index (χ2v) is 10.4. The first-order valence-electron chi connectivity index (χ1n) is 13.1. The minimum Gasteiger partial charge on any atom is -0.447 e. The van der Waals surface area contributed by atoms with Gasteiger partial charge in [-0.05, 0) is 71.4 Å². The van der Waals surface area contributed by atoms with Gasteiger partial charge >= 0.3 is 6.09 Å². The van der Waals surface area contributed by atoms with Crippen LogP contribution in [-0.4, -0.2) is 49.1 Å². The topological polar surface area (TPSA) is 72.5 Å². The van der Waals surface area contributed by atoms with Gasteiger partial charge in [0.1, 0.15) is 0 Å². The first-order valence-corrected chi connectivity index (χ1v) is 15.7. The molecule has 0 aliphatic carbocycles. The van der Waals surface area contributed by atoms with Crippen molar-refractivity contribution < 1.29 is 19.1 Å². The Morgan fingerprint density at radius 2 is 1.23 bits per heavy atom. The first kappa shape index (κ1) is 39.1. The Hall–Kier alpha value is -3.03. The number of nitrogens with one attached hydrogen (secondary N) is 1. The predicted molar refractivity (Wildman–Crippen MR) is 175 cm³/mol. The highest BCUT2D eigenvalue weighted by molar-refractivity contribution is 7.98. The maximum absolute atomic E-state index is 10.8. The summed E-state index contributed by atoms with van der Waals surface area (Å²) in [6.07, 6.45) is 5.11. The molecule has 220 valence electrons. The van der Waals surface area contributed by atoms with E-state index in [9.17, 15) is 14.4 Å². The van der Waals surface area contributed by atoms with Gasteiger partial charge in [-0.2, -0.15) is 11.8 Å². The second-order valence-electron chi connectivity index (χ2n) is 8.56. The Bertz CT molecular complexity index is 1040. The summed E-state index contributed by atoms with van der Waals surface area (Å²) in [6, 6.07) is 27.1. The molecule has 0 aliphatic rings. The lowest BCUT2D eigenvalue weighted by atomic mass is 10.1. The largest absolute Gasteiger partial charge is 0.447 e. The van der Waals surface area contributed by atoms with Gasteiger partial charge in [0.05, 0.1) is 6.10 Å². The highest BCUT2D eigenvalue weighted by Gasteiger charge is 1.98. The van der Waals surface area contributed by atoms with Crippen molar-refractivity contribution in [3.63, 3.8) is 0 Å². The molecular formula is C33H47NO4S2. The van der Waals surface area contributed by atoms with E-state index in [1.54, 1.807) is 39.5 Å². The molecule has 0 atom stereocenters. The van der Waals surface area contributed by atoms with Gasteiger partial charge in [-0.15, -0.1) is 11.8 Å². The van der Waals surface area contributed by atoms with Crippen LogP contribution in [0.4, 0.5) is 4.79 Å². The molecule has 0 fully saturated rings. The fourth-order valence-corrected chi connectivity index (χ4v) is 3.33. The van der Waals surface area contributed by atoms with Crippen LogP contribution >= 0.6 is 23.5 Å². The van der Waals surface area contributed by atoms with Gasteiger partial charge < -0.3 is 10.1 Å². The van der Waals surface area contributed by atoms with Crippen LogP contribution in [0.1, 0.15) is 67.3 Å². The molecule has 0 saturated carbocycles. The van der Waals surface area contributed by atoms with E-state index in [1.807, 2.05) is 91.5 Å². The van der Waals surface area contributed by atoms with Crippen LogP contribution in [-0.2, 0) is 4.74 Å². The van der Waals surface area contributed by atoms with Crippen molar-refractivity contribution in [2.45, 2.75) is 59.0 Å². The van der Waals surface area contributed by atoms with Crippen molar-refractivity contribution in [2.24, 2.45) is 0 Å². The number of ether oxygens (including phenoxy) is 1. The first-order chi connectivity index (χ1) is 19.0. The molecule has 3 aromatic rings. The third-order valence-electron chi connectivity index (χ3n) is 4.57. The number of carbonyl (C=O) groups excluding carboxylic acids is 3. The number of thioether (sulfide) groups is 2. The van der Waals surface area contributed by atoms with E-state index in [2.05, 4.69) is 41.6 Å². The number of carbonyl (C=O) groups is 3. The smallest absolute Gasteiger partial charge is 0.407 e. The third-order valence-corrected chi connectivity index (χ3v) is 6.13. The van der Waals surface area contributed by atoms with Crippen LogP contribution in [0.15, 0.2) is 89.8 Å². The predicted octanol–water partition coefficient (Wildman–Crippen LogP) is 9.01. The molecule has 0 heterocycles. The Labute approximate surface area is 250 Å². The minimum absolute atomic E-state index is 0.0325. The zero-order valence-corrected chi connectivity index (χ0v) is 27.2. The number of Topliss-reactive ketones (excluding diaryl/α,β-unsaturated/α-hetero) is 2. The lowest BCUT2D eigenvalue weighted by molar-refractivity contribution is 0.100. The summed E-state index contributed by atoms with van der Waals surface area (Å²) in [5, 5.41) is 2.34. The third kappa shape index (κ3) is 24.0. The molecule has 0 radical (unpaired) electrons. The van der Waals surface area contributed by atoms with Gasteiger partial charge in [-0.25, -0.2) is 4.79 Å². The van der Waals surface area contributed by atoms with E-state index in [-0.39, 0.29) is 23.8 Å². The fourth-order valence-electron chi connectivity index (χ4n) is 2.49. The van der Waals surface area contributed by atoms with Gasteiger partial charge in [0.2, 0.25) is 0 Å². The van der Waals surface area contributed by atoms with Gasteiger partial charge in [0.15, 0.2) is 11.6 Å². The van der Waals surface area contributed by atoms with E-state index in [0.717, 1.165) is 11.1 Å². The Morgan fingerprint density at radius 3 is 1.48 bits per heavy atom. The van der Waals surface area contributed by atoms with Crippen molar-refractivity contribution in [2.75, 3.05) is 25.3 Å². The number of rotatable bonds is 6. The van der Waals surface area contributed by atoms with Crippen molar-refractivity contribution >= 4 is 41.2 Å². The number of alkyl carbamates (subject to hydrolysis) is 1. The fraction of sp³-hybridized carbons (Fsp3) is 0.364. The Balaban J connectivity index is 0. The van der Waals surface area contributed by atoms with Crippen LogP contribution < -0.4 is 5.32 Å². The molecule has 0 spiro atoms. The summed E-state index contributed by atoms with van der Waals surface area (Å²) >= 11 is 3.67. The molecule has 40 heavy (non-hydrogen) atoms. The quantitative estimate of drug-likeness (QED) is 0.230. The van der Waals surface area contributed by atoms with Crippen molar-refractivity contribution in [3.05, 3.63) is 102 Å². The van der Waals surface area contributed by atoms with E-state index < -0.39 is 0 Å². The molecule has 0 aliphatic heterocycles.